The van der Waals surface area contributed by atoms with Crippen LogP contribution in [0.3, 0.4) is 0 Å². The molecule has 0 saturated heterocycles. The van der Waals surface area contributed by atoms with E-state index in [0.29, 0.717) is 12.4 Å². The van der Waals surface area contributed by atoms with E-state index in [4.69, 9.17) is 4.74 Å². The fourth-order valence-electron chi connectivity index (χ4n) is 2.11. The van der Waals surface area contributed by atoms with Gasteiger partial charge in [0.05, 0.1) is 11.7 Å². The number of hydrogen-bond donors (Lipinski definition) is 2. The zero-order valence-corrected chi connectivity index (χ0v) is 13.9. The largest absolute Gasteiger partial charge is 0.473 e. The molecule has 0 amide bonds. The molecule has 6 heteroatoms. The van der Waals surface area contributed by atoms with Gasteiger partial charge in [0.2, 0.25) is 5.88 Å². The van der Waals surface area contributed by atoms with Crippen LogP contribution in [0.1, 0.15) is 58.3 Å². The number of ether oxygens (including phenoxy) is 1. The van der Waals surface area contributed by atoms with Gasteiger partial charge in [-0.2, -0.15) is 4.37 Å². The quantitative estimate of drug-likeness (QED) is 0.517. The van der Waals surface area contributed by atoms with Gasteiger partial charge in [0.15, 0.2) is 0 Å². The lowest BCUT2D eigenvalue weighted by molar-refractivity contribution is 0.104. The SMILES string of the molecule is CCCCCCCCCCNCC(O)COc1cnsn1. The van der Waals surface area contributed by atoms with Crippen molar-refractivity contribution >= 4 is 11.7 Å². The third-order valence-corrected chi connectivity index (χ3v) is 3.81. The fourth-order valence-corrected chi connectivity index (χ4v) is 2.48. The predicted molar refractivity (Wildman–Crippen MR) is 86.9 cm³/mol. The number of hydrogen-bond acceptors (Lipinski definition) is 6. The van der Waals surface area contributed by atoms with E-state index >= 15 is 0 Å². The van der Waals surface area contributed by atoms with Crippen molar-refractivity contribution in [3.8, 4) is 5.88 Å². The number of nitrogens with zero attached hydrogens (tertiary/aromatic N) is 2. The summed E-state index contributed by atoms with van der Waals surface area (Å²) in [6, 6.07) is 0. The van der Waals surface area contributed by atoms with E-state index in [1.54, 1.807) is 6.20 Å². The van der Waals surface area contributed by atoms with E-state index in [-0.39, 0.29) is 6.61 Å². The molecule has 0 fully saturated rings. The van der Waals surface area contributed by atoms with Crippen LogP contribution in [0.4, 0.5) is 0 Å². The highest BCUT2D eigenvalue weighted by Crippen LogP contribution is 2.08. The Labute approximate surface area is 132 Å². The summed E-state index contributed by atoms with van der Waals surface area (Å²) < 4.78 is 13.1. The van der Waals surface area contributed by atoms with Gasteiger partial charge in [0, 0.05) is 6.54 Å². The van der Waals surface area contributed by atoms with Crippen LogP contribution in [-0.2, 0) is 0 Å². The summed E-state index contributed by atoms with van der Waals surface area (Å²) in [5.74, 6) is 0.488. The topological polar surface area (TPSA) is 67.3 Å². The molecule has 2 N–H and O–H groups in total. The summed E-state index contributed by atoms with van der Waals surface area (Å²) in [5, 5.41) is 13.0. The molecule has 0 spiro atoms. The molecule has 0 aliphatic rings. The first-order chi connectivity index (χ1) is 10.3. The highest BCUT2D eigenvalue weighted by Gasteiger charge is 2.05. The van der Waals surface area contributed by atoms with E-state index < -0.39 is 6.10 Å². The average Bonchev–Trinajstić information content (AvgIpc) is 3.00. The first-order valence-electron chi connectivity index (χ1n) is 8.12. The Balaban J connectivity index is 1.81. The molecule has 0 aliphatic carbocycles. The van der Waals surface area contributed by atoms with E-state index in [9.17, 15) is 5.11 Å². The van der Waals surface area contributed by atoms with Crippen molar-refractivity contribution in [3.63, 3.8) is 0 Å². The minimum Gasteiger partial charge on any atom is -0.473 e. The highest BCUT2D eigenvalue weighted by atomic mass is 32.1. The predicted octanol–water partition coefficient (Wildman–Crippen LogP) is 3.01. The van der Waals surface area contributed by atoms with Crippen LogP contribution in [-0.4, -0.2) is 39.7 Å². The van der Waals surface area contributed by atoms with Crippen molar-refractivity contribution in [2.24, 2.45) is 0 Å². The van der Waals surface area contributed by atoms with Crippen LogP contribution >= 0.6 is 11.7 Å². The van der Waals surface area contributed by atoms with Gasteiger partial charge in [-0.25, -0.2) is 0 Å². The van der Waals surface area contributed by atoms with Gasteiger partial charge in [0.25, 0.3) is 0 Å². The Hall–Kier alpha value is -0.720. The standard InChI is InChI=1S/C15H29N3O2S/c1-2-3-4-5-6-7-8-9-10-16-11-14(19)13-20-15-12-17-21-18-15/h12,14,16,19H,2-11,13H2,1H3. The second-order valence-corrected chi connectivity index (χ2v) is 5.95. The van der Waals surface area contributed by atoms with Crippen LogP contribution in [0.5, 0.6) is 5.88 Å². The van der Waals surface area contributed by atoms with E-state index in [1.165, 1.54) is 51.4 Å². The number of rotatable bonds is 14. The Bertz CT molecular complexity index is 323. The van der Waals surface area contributed by atoms with Crippen molar-refractivity contribution < 1.29 is 9.84 Å². The maximum absolute atomic E-state index is 9.74. The lowest BCUT2D eigenvalue weighted by Gasteiger charge is -2.11. The molecule has 5 nitrogen and oxygen atoms in total. The Morgan fingerprint density at radius 1 is 1.19 bits per heavy atom. The number of unbranched alkanes of at least 4 members (excludes halogenated alkanes) is 7. The molecular weight excluding hydrogens is 286 g/mol. The molecule has 1 rings (SSSR count). The Kier molecular flexibility index (Phi) is 11.3. The zero-order chi connectivity index (χ0) is 15.2. The number of aromatic nitrogens is 2. The Morgan fingerprint density at radius 2 is 1.90 bits per heavy atom. The first kappa shape index (κ1) is 18.3. The number of nitrogens with one attached hydrogen (secondary N) is 1. The molecule has 0 aliphatic heterocycles. The molecule has 1 atom stereocenters. The summed E-state index contributed by atoms with van der Waals surface area (Å²) in [4.78, 5) is 0. The van der Waals surface area contributed by atoms with Gasteiger partial charge in [-0.1, -0.05) is 51.9 Å². The van der Waals surface area contributed by atoms with Crippen LogP contribution in [0.2, 0.25) is 0 Å². The summed E-state index contributed by atoms with van der Waals surface area (Å²) in [7, 11) is 0. The van der Waals surface area contributed by atoms with Gasteiger partial charge in [-0.05, 0) is 13.0 Å². The van der Waals surface area contributed by atoms with Crippen LogP contribution in [0, 0.1) is 0 Å². The van der Waals surface area contributed by atoms with E-state index in [0.717, 1.165) is 18.3 Å². The summed E-state index contributed by atoms with van der Waals surface area (Å²) in [6.07, 6.45) is 11.7. The normalized spacial score (nSPS) is 12.5. The summed E-state index contributed by atoms with van der Waals surface area (Å²) >= 11 is 1.10. The van der Waals surface area contributed by atoms with Gasteiger partial charge in [0.1, 0.15) is 18.9 Å². The molecule has 0 bridgehead atoms. The van der Waals surface area contributed by atoms with Gasteiger partial charge < -0.3 is 15.2 Å². The first-order valence-corrected chi connectivity index (χ1v) is 8.85. The molecule has 1 aromatic rings. The van der Waals surface area contributed by atoms with Crippen LogP contribution < -0.4 is 10.1 Å². The Morgan fingerprint density at radius 3 is 2.57 bits per heavy atom. The van der Waals surface area contributed by atoms with Crippen molar-refractivity contribution in [2.75, 3.05) is 19.7 Å². The molecule has 1 heterocycles. The van der Waals surface area contributed by atoms with Gasteiger partial charge >= 0.3 is 0 Å². The lowest BCUT2D eigenvalue weighted by Crippen LogP contribution is -2.32. The molecular formula is C15H29N3O2S. The third-order valence-electron chi connectivity index (χ3n) is 3.35. The van der Waals surface area contributed by atoms with Crippen LogP contribution in [0.25, 0.3) is 0 Å². The molecule has 122 valence electrons. The zero-order valence-electron chi connectivity index (χ0n) is 13.1. The maximum Gasteiger partial charge on any atom is 0.245 e. The van der Waals surface area contributed by atoms with Crippen molar-refractivity contribution in [3.05, 3.63) is 6.20 Å². The van der Waals surface area contributed by atoms with Crippen molar-refractivity contribution in [2.45, 2.75) is 64.4 Å². The fraction of sp³-hybridized carbons (Fsp3) is 0.867. The van der Waals surface area contributed by atoms with Gasteiger partial charge in [-0.3, -0.25) is 0 Å². The molecule has 0 radical (unpaired) electrons. The van der Waals surface area contributed by atoms with Crippen LogP contribution in [0.15, 0.2) is 6.20 Å². The third kappa shape index (κ3) is 10.6. The van der Waals surface area contributed by atoms with Crippen molar-refractivity contribution in [1.82, 2.24) is 14.1 Å². The van der Waals surface area contributed by atoms with Gasteiger partial charge in [-0.15, -0.1) is 4.37 Å². The summed E-state index contributed by atoms with van der Waals surface area (Å²) in [6.45, 7) is 4.03. The maximum atomic E-state index is 9.74. The minimum absolute atomic E-state index is 0.260. The van der Waals surface area contributed by atoms with E-state index in [2.05, 4.69) is 21.0 Å². The smallest absolute Gasteiger partial charge is 0.245 e. The lowest BCUT2D eigenvalue weighted by atomic mass is 10.1. The second-order valence-electron chi connectivity index (χ2n) is 5.39. The average molecular weight is 315 g/mol. The minimum atomic E-state index is -0.499. The number of aliphatic hydroxyl groups is 1. The second kappa shape index (κ2) is 13.0. The highest BCUT2D eigenvalue weighted by molar-refractivity contribution is 6.99. The number of aliphatic hydroxyl groups excluding tert-OH is 1. The molecule has 0 aromatic carbocycles. The molecule has 0 saturated carbocycles. The monoisotopic (exact) mass is 315 g/mol. The summed E-state index contributed by atoms with van der Waals surface area (Å²) in [5.41, 5.74) is 0. The molecule has 1 unspecified atom stereocenters. The molecule has 1 aromatic heterocycles. The molecule has 21 heavy (non-hydrogen) atoms. The van der Waals surface area contributed by atoms with Crippen molar-refractivity contribution in [1.29, 1.82) is 0 Å². The van der Waals surface area contributed by atoms with E-state index in [1.807, 2.05) is 0 Å².